The van der Waals surface area contributed by atoms with E-state index < -0.39 is 30.6 Å². The van der Waals surface area contributed by atoms with Gasteiger partial charge in [-0.05, 0) is 0 Å². The van der Waals surface area contributed by atoms with Crippen LogP contribution in [0.25, 0.3) is 0 Å². The van der Waals surface area contributed by atoms with Crippen LogP contribution < -0.4 is 5.73 Å². The Morgan fingerprint density at radius 1 is 1.38 bits per heavy atom. The lowest BCUT2D eigenvalue weighted by molar-refractivity contribution is -0.257. The smallest absolute Gasteiger partial charge is 0.175 e. The lowest BCUT2D eigenvalue weighted by atomic mass is 9.98. The van der Waals surface area contributed by atoms with Crippen molar-refractivity contribution in [3.8, 4) is 0 Å². The number of ether oxygens (including phenoxy) is 2. The van der Waals surface area contributed by atoms with E-state index in [-0.39, 0.29) is 6.61 Å². The fourth-order valence-corrected chi connectivity index (χ4v) is 1.32. The van der Waals surface area contributed by atoms with Crippen LogP contribution in [0.1, 0.15) is 0 Å². The van der Waals surface area contributed by atoms with Crippen LogP contribution in [-0.4, -0.2) is 59.7 Å². The van der Waals surface area contributed by atoms with E-state index in [4.69, 9.17) is 20.3 Å². The lowest BCUT2D eigenvalue weighted by Gasteiger charge is -2.39. The van der Waals surface area contributed by atoms with Crippen molar-refractivity contribution in [3.63, 3.8) is 0 Å². The molecule has 0 radical (unpaired) electrons. The molecule has 0 aromatic carbocycles. The van der Waals surface area contributed by atoms with Crippen molar-refractivity contribution in [3.05, 3.63) is 0 Å². The maximum Gasteiger partial charge on any atom is 0.175 e. The molecule has 6 heteroatoms. The highest BCUT2D eigenvalue weighted by molar-refractivity contribution is 4.91. The average Bonchev–Trinajstić information content (AvgIpc) is 2.15. The summed E-state index contributed by atoms with van der Waals surface area (Å²) in [6, 6.07) is -0.803. The lowest BCUT2D eigenvalue weighted by Crippen LogP contribution is -2.62. The zero-order valence-corrected chi connectivity index (χ0v) is 7.33. The topological polar surface area (TPSA) is 105 Å². The number of rotatable bonds is 2. The van der Waals surface area contributed by atoms with Gasteiger partial charge in [0.25, 0.3) is 0 Å². The van der Waals surface area contributed by atoms with Crippen LogP contribution in [0.2, 0.25) is 0 Å². The van der Waals surface area contributed by atoms with E-state index in [2.05, 4.69) is 0 Å². The van der Waals surface area contributed by atoms with Crippen molar-refractivity contribution >= 4 is 0 Å². The van der Waals surface area contributed by atoms with Crippen LogP contribution in [0.4, 0.5) is 0 Å². The average molecular weight is 193 g/mol. The summed E-state index contributed by atoms with van der Waals surface area (Å²) in [6.07, 6.45) is -3.96. The fourth-order valence-electron chi connectivity index (χ4n) is 1.32. The van der Waals surface area contributed by atoms with Gasteiger partial charge in [-0.3, -0.25) is 0 Å². The van der Waals surface area contributed by atoms with Crippen LogP contribution in [0.3, 0.4) is 0 Å². The van der Waals surface area contributed by atoms with E-state index in [1.807, 2.05) is 0 Å². The SMILES string of the molecule is CO[C@@H]1O[C@H](CO)[C@@H](O)[C@@H](O)[C@@H]1N. The first-order valence-corrected chi connectivity index (χ1v) is 4.02. The summed E-state index contributed by atoms with van der Waals surface area (Å²) in [4.78, 5) is 0. The molecule has 78 valence electrons. The Balaban J connectivity index is 2.66. The first kappa shape index (κ1) is 10.8. The molecule has 13 heavy (non-hydrogen) atoms. The monoisotopic (exact) mass is 193 g/mol. The van der Waals surface area contributed by atoms with Crippen LogP contribution >= 0.6 is 0 Å². The second-order valence-corrected chi connectivity index (χ2v) is 3.02. The van der Waals surface area contributed by atoms with E-state index in [0.29, 0.717) is 0 Å². The Hall–Kier alpha value is -0.240. The van der Waals surface area contributed by atoms with Gasteiger partial charge in [-0.2, -0.15) is 0 Å². The second kappa shape index (κ2) is 4.32. The Morgan fingerprint density at radius 3 is 2.46 bits per heavy atom. The van der Waals surface area contributed by atoms with Gasteiger partial charge in [0.1, 0.15) is 18.3 Å². The summed E-state index contributed by atoms with van der Waals surface area (Å²) in [5.74, 6) is 0. The third kappa shape index (κ3) is 1.98. The normalized spacial score (nSPS) is 46.4. The van der Waals surface area contributed by atoms with E-state index in [1.54, 1.807) is 0 Å². The largest absolute Gasteiger partial charge is 0.394 e. The molecule has 1 aliphatic rings. The molecule has 1 heterocycles. The van der Waals surface area contributed by atoms with Gasteiger partial charge in [0, 0.05) is 7.11 Å². The molecule has 0 amide bonds. The zero-order chi connectivity index (χ0) is 10.0. The predicted molar refractivity (Wildman–Crippen MR) is 42.7 cm³/mol. The third-order valence-corrected chi connectivity index (χ3v) is 2.16. The molecule has 1 saturated heterocycles. The van der Waals surface area contributed by atoms with Gasteiger partial charge in [0.2, 0.25) is 0 Å². The maximum absolute atomic E-state index is 9.40. The van der Waals surface area contributed by atoms with Gasteiger partial charge in [-0.25, -0.2) is 0 Å². The highest BCUT2D eigenvalue weighted by atomic mass is 16.7. The number of nitrogens with two attached hydrogens (primary N) is 1. The van der Waals surface area contributed by atoms with Crippen LogP contribution in [0.5, 0.6) is 0 Å². The van der Waals surface area contributed by atoms with Crippen molar-refractivity contribution in [2.24, 2.45) is 5.73 Å². The van der Waals surface area contributed by atoms with Crippen molar-refractivity contribution < 1.29 is 24.8 Å². The van der Waals surface area contributed by atoms with E-state index >= 15 is 0 Å². The molecule has 0 saturated carbocycles. The Kier molecular flexibility index (Phi) is 3.60. The summed E-state index contributed by atoms with van der Waals surface area (Å²) in [5.41, 5.74) is 5.50. The van der Waals surface area contributed by atoms with Crippen LogP contribution in [0.15, 0.2) is 0 Å². The van der Waals surface area contributed by atoms with Gasteiger partial charge in [-0.15, -0.1) is 0 Å². The summed E-state index contributed by atoms with van der Waals surface area (Å²) < 4.78 is 9.90. The molecule has 0 unspecified atom stereocenters. The van der Waals surface area contributed by atoms with Gasteiger partial charge < -0.3 is 30.5 Å². The molecule has 0 spiro atoms. The molecule has 6 nitrogen and oxygen atoms in total. The van der Waals surface area contributed by atoms with Crippen molar-refractivity contribution in [2.45, 2.75) is 30.6 Å². The molecule has 0 aliphatic carbocycles. The standard InChI is InChI=1S/C7H15NO5/c1-12-7-4(8)6(11)5(10)3(2-9)13-7/h3-7,9-11H,2,8H2,1H3/t3-,4+,5-,6+,7-/m1/s1. The van der Waals surface area contributed by atoms with E-state index in [0.717, 1.165) is 0 Å². The summed E-state index contributed by atoms with van der Waals surface area (Å²) in [6.45, 7) is -0.384. The van der Waals surface area contributed by atoms with Crippen molar-refractivity contribution in [1.29, 1.82) is 0 Å². The Labute approximate surface area is 75.9 Å². The first-order valence-electron chi connectivity index (χ1n) is 4.02. The molecule has 1 aliphatic heterocycles. The highest BCUT2D eigenvalue weighted by Crippen LogP contribution is 2.19. The Morgan fingerprint density at radius 2 is 2.00 bits per heavy atom. The molecule has 0 aromatic heterocycles. The minimum absolute atomic E-state index is 0.384. The molecule has 1 rings (SSSR count). The molecule has 0 aromatic rings. The zero-order valence-electron chi connectivity index (χ0n) is 7.33. The molecule has 5 atom stereocenters. The number of aliphatic hydroxyl groups is 3. The molecule has 5 N–H and O–H groups in total. The van der Waals surface area contributed by atoms with Gasteiger partial charge >= 0.3 is 0 Å². The van der Waals surface area contributed by atoms with E-state index in [1.165, 1.54) is 7.11 Å². The molecule has 0 bridgehead atoms. The van der Waals surface area contributed by atoms with Crippen LogP contribution in [0, 0.1) is 0 Å². The predicted octanol–water partition coefficient (Wildman–Crippen LogP) is -2.60. The molecular formula is C7H15NO5. The van der Waals surface area contributed by atoms with Gasteiger partial charge in [-0.1, -0.05) is 0 Å². The Bertz CT molecular complexity index is 147. The van der Waals surface area contributed by atoms with E-state index in [9.17, 15) is 10.2 Å². The quantitative estimate of drug-likeness (QED) is 0.383. The number of hydrogen-bond donors (Lipinski definition) is 4. The first-order chi connectivity index (χ1) is 6.11. The third-order valence-electron chi connectivity index (χ3n) is 2.16. The maximum atomic E-state index is 9.40. The number of hydrogen-bond acceptors (Lipinski definition) is 6. The summed E-state index contributed by atoms with van der Waals surface area (Å²) in [7, 11) is 1.38. The highest BCUT2D eigenvalue weighted by Gasteiger charge is 2.42. The summed E-state index contributed by atoms with van der Waals surface area (Å²) >= 11 is 0. The van der Waals surface area contributed by atoms with Gasteiger partial charge in [0.15, 0.2) is 6.29 Å². The minimum atomic E-state index is -1.17. The minimum Gasteiger partial charge on any atom is -0.394 e. The second-order valence-electron chi connectivity index (χ2n) is 3.02. The van der Waals surface area contributed by atoms with Crippen molar-refractivity contribution in [1.82, 2.24) is 0 Å². The molecular weight excluding hydrogens is 178 g/mol. The van der Waals surface area contributed by atoms with Gasteiger partial charge in [0.05, 0.1) is 12.6 Å². The summed E-state index contributed by atoms with van der Waals surface area (Å²) in [5, 5.41) is 27.5. The van der Waals surface area contributed by atoms with Crippen LogP contribution in [-0.2, 0) is 9.47 Å². The number of aliphatic hydroxyl groups excluding tert-OH is 3. The molecule has 1 fully saturated rings. The van der Waals surface area contributed by atoms with Crippen molar-refractivity contribution in [2.75, 3.05) is 13.7 Å². The fraction of sp³-hybridized carbons (Fsp3) is 1.00. The number of methoxy groups -OCH3 is 1.